The summed E-state index contributed by atoms with van der Waals surface area (Å²) in [7, 11) is 1.63. The van der Waals surface area contributed by atoms with Gasteiger partial charge < -0.3 is 14.2 Å². The molecule has 0 saturated heterocycles. The molecule has 2 aromatic carbocycles. The number of benzene rings is 2. The number of hydrogen-bond donors (Lipinski definition) is 0. The van der Waals surface area contributed by atoms with Crippen molar-refractivity contribution in [2.45, 2.75) is 19.3 Å². The van der Waals surface area contributed by atoms with Gasteiger partial charge >= 0.3 is 0 Å². The molecule has 2 aliphatic heterocycles. The van der Waals surface area contributed by atoms with E-state index < -0.39 is 6.29 Å². The van der Waals surface area contributed by atoms with Gasteiger partial charge in [0.15, 0.2) is 0 Å². The zero-order valence-corrected chi connectivity index (χ0v) is 16.3. The monoisotopic (exact) mass is 390 g/mol. The van der Waals surface area contributed by atoms with Gasteiger partial charge in [0.05, 0.1) is 21.1 Å². The molecule has 28 heavy (non-hydrogen) atoms. The number of fused-ring (bicyclic) bond motifs is 2. The second-order valence-electron chi connectivity index (χ2n) is 6.56. The van der Waals surface area contributed by atoms with Gasteiger partial charge in [0.2, 0.25) is 18.1 Å². The van der Waals surface area contributed by atoms with Crippen LogP contribution in [0.25, 0.3) is 0 Å². The third kappa shape index (κ3) is 2.91. The van der Waals surface area contributed by atoms with Gasteiger partial charge in [0, 0.05) is 18.2 Å². The quantitative estimate of drug-likeness (QED) is 0.579. The molecule has 0 aliphatic carbocycles. The van der Waals surface area contributed by atoms with Crippen LogP contribution in [0.3, 0.4) is 0 Å². The van der Waals surface area contributed by atoms with Crippen LogP contribution in [0.5, 0.6) is 0 Å². The molecular weight excluding hydrogens is 372 g/mol. The number of ether oxygens (including phenoxy) is 3. The van der Waals surface area contributed by atoms with E-state index >= 15 is 0 Å². The summed E-state index contributed by atoms with van der Waals surface area (Å²) in [5.74, 6) is 1.18. The highest BCUT2D eigenvalue weighted by molar-refractivity contribution is 7.16. The number of thiophene rings is 1. The molecule has 140 valence electrons. The Bertz CT molecular complexity index is 1100. The average Bonchev–Trinajstić information content (AvgIpc) is 3.23. The van der Waals surface area contributed by atoms with Crippen LogP contribution in [0.2, 0.25) is 0 Å². The molecule has 0 amide bonds. The van der Waals surface area contributed by atoms with Gasteiger partial charge in [-0.25, -0.2) is 9.98 Å². The largest absolute Gasteiger partial charge is 0.469 e. The van der Waals surface area contributed by atoms with Gasteiger partial charge in [-0.2, -0.15) is 0 Å². The van der Waals surface area contributed by atoms with Gasteiger partial charge in [-0.05, 0) is 31.2 Å². The highest BCUT2D eigenvalue weighted by Gasteiger charge is 2.27. The first-order valence-electron chi connectivity index (χ1n) is 9.05. The molecule has 0 bridgehead atoms. The molecule has 0 N–H and O–H groups in total. The fourth-order valence-electron chi connectivity index (χ4n) is 3.36. The third-order valence-corrected chi connectivity index (χ3v) is 5.82. The minimum atomic E-state index is -0.468. The fourth-order valence-corrected chi connectivity index (χ4v) is 4.23. The molecule has 3 heterocycles. The summed E-state index contributed by atoms with van der Waals surface area (Å²) in [5.41, 5.74) is 3.84. The van der Waals surface area contributed by atoms with Gasteiger partial charge in [0.25, 0.3) is 0 Å². The second-order valence-corrected chi connectivity index (χ2v) is 7.64. The summed E-state index contributed by atoms with van der Waals surface area (Å²) < 4.78 is 17.5. The van der Waals surface area contributed by atoms with Crippen LogP contribution in [0.4, 0.5) is 11.4 Å². The SMILES string of the molecule is COC1OC(c2ccc(C3=Nc4ccccc4C(C)O3)s2)=Nc2ccccc21. The predicted molar refractivity (Wildman–Crippen MR) is 110 cm³/mol. The van der Waals surface area contributed by atoms with Crippen LogP contribution in [0.1, 0.15) is 40.2 Å². The summed E-state index contributed by atoms with van der Waals surface area (Å²) in [5, 5.41) is 0. The van der Waals surface area contributed by atoms with E-state index in [-0.39, 0.29) is 6.10 Å². The molecule has 5 nitrogen and oxygen atoms in total. The molecule has 0 saturated carbocycles. The van der Waals surface area contributed by atoms with E-state index in [1.165, 1.54) is 0 Å². The average molecular weight is 390 g/mol. The second kappa shape index (κ2) is 6.89. The highest BCUT2D eigenvalue weighted by Crippen LogP contribution is 2.37. The van der Waals surface area contributed by atoms with Crippen molar-refractivity contribution in [2.75, 3.05) is 7.11 Å². The smallest absolute Gasteiger partial charge is 0.234 e. The molecule has 2 atom stereocenters. The Morgan fingerprint density at radius 3 is 2.04 bits per heavy atom. The lowest BCUT2D eigenvalue weighted by Gasteiger charge is -2.24. The molecule has 0 fully saturated rings. The topological polar surface area (TPSA) is 52.4 Å². The van der Waals surface area contributed by atoms with E-state index in [2.05, 4.69) is 4.99 Å². The predicted octanol–water partition coefficient (Wildman–Crippen LogP) is 5.67. The lowest BCUT2D eigenvalue weighted by molar-refractivity contribution is -0.0667. The van der Waals surface area contributed by atoms with E-state index in [0.717, 1.165) is 32.3 Å². The van der Waals surface area contributed by atoms with Crippen LogP contribution >= 0.6 is 11.3 Å². The van der Waals surface area contributed by atoms with Gasteiger partial charge in [-0.15, -0.1) is 11.3 Å². The molecule has 6 heteroatoms. The minimum absolute atomic E-state index is 0.0396. The van der Waals surface area contributed by atoms with E-state index in [1.54, 1.807) is 18.4 Å². The normalized spacial score (nSPS) is 20.2. The van der Waals surface area contributed by atoms with Crippen LogP contribution in [-0.4, -0.2) is 18.9 Å². The van der Waals surface area contributed by atoms with Crippen LogP contribution in [0.15, 0.2) is 70.6 Å². The molecule has 3 aromatic rings. The van der Waals surface area contributed by atoms with Crippen molar-refractivity contribution < 1.29 is 14.2 Å². The maximum Gasteiger partial charge on any atom is 0.234 e. The van der Waals surface area contributed by atoms with Crippen LogP contribution in [-0.2, 0) is 14.2 Å². The summed E-state index contributed by atoms with van der Waals surface area (Å²) in [6.07, 6.45) is -0.508. The molecular formula is C22H18N2O3S. The molecule has 0 spiro atoms. The molecule has 0 radical (unpaired) electrons. The zero-order valence-electron chi connectivity index (χ0n) is 15.5. The maximum atomic E-state index is 6.05. The summed E-state index contributed by atoms with van der Waals surface area (Å²) >= 11 is 1.54. The van der Waals surface area contributed by atoms with E-state index in [4.69, 9.17) is 19.2 Å². The van der Waals surface area contributed by atoms with Crippen molar-refractivity contribution >= 4 is 34.5 Å². The Kier molecular flexibility index (Phi) is 4.22. The number of rotatable bonds is 3. The minimum Gasteiger partial charge on any atom is -0.469 e. The summed E-state index contributed by atoms with van der Waals surface area (Å²) in [6, 6.07) is 19.9. The number of nitrogens with zero attached hydrogens (tertiary/aromatic N) is 2. The molecule has 2 unspecified atom stereocenters. The Labute approximate surface area is 166 Å². The lowest BCUT2D eigenvalue weighted by atomic mass is 10.1. The first-order valence-corrected chi connectivity index (χ1v) is 9.86. The van der Waals surface area contributed by atoms with Crippen molar-refractivity contribution in [3.63, 3.8) is 0 Å². The molecule has 5 rings (SSSR count). The number of aliphatic imine (C=N–C) groups is 2. The third-order valence-electron chi connectivity index (χ3n) is 4.76. The zero-order chi connectivity index (χ0) is 19.1. The number of para-hydroxylation sites is 2. The number of methoxy groups -OCH3 is 1. The van der Waals surface area contributed by atoms with E-state index in [9.17, 15) is 0 Å². The maximum absolute atomic E-state index is 6.05. The van der Waals surface area contributed by atoms with E-state index in [0.29, 0.717) is 11.8 Å². The first-order chi connectivity index (χ1) is 13.7. The molecule has 2 aliphatic rings. The van der Waals surface area contributed by atoms with Gasteiger partial charge in [0.1, 0.15) is 6.10 Å². The highest BCUT2D eigenvalue weighted by atomic mass is 32.1. The number of hydrogen-bond acceptors (Lipinski definition) is 6. The van der Waals surface area contributed by atoms with Crippen molar-refractivity contribution in [1.82, 2.24) is 0 Å². The van der Waals surface area contributed by atoms with Crippen molar-refractivity contribution in [3.8, 4) is 0 Å². The fraction of sp³-hybridized carbons (Fsp3) is 0.182. The Hall–Kier alpha value is -2.96. The molecule has 1 aromatic heterocycles. The van der Waals surface area contributed by atoms with Crippen molar-refractivity contribution in [2.24, 2.45) is 9.98 Å². The van der Waals surface area contributed by atoms with Crippen molar-refractivity contribution in [1.29, 1.82) is 0 Å². The Morgan fingerprint density at radius 1 is 0.786 bits per heavy atom. The standard InChI is InChI=1S/C22H18N2O3S/c1-13-14-7-3-5-9-16(14)23-20(26-13)18-11-12-19(28-18)21-24-17-10-6-4-8-15(17)22(25-2)27-21/h3-13,22H,1-2H3. The summed E-state index contributed by atoms with van der Waals surface area (Å²) in [4.78, 5) is 11.2. The Morgan fingerprint density at radius 2 is 1.36 bits per heavy atom. The first kappa shape index (κ1) is 17.2. The van der Waals surface area contributed by atoms with Gasteiger partial charge in [-0.3, -0.25) is 0 Å². The van der Waals surface area contributed by atoms with Gasteiger partial charge in [-0.1, -0.05) is 36.4 Å². The van der Waals surface area contributed by atoms with Crippen LogP contribution in [0, 0.1) is 0 Å². The van der Waals surface area contributed by atoms with Crippen LogP contribution < -0.4 is 0 Å². The van der Waals surface area contributed by atoms with E-state index in [1.807, 2.05) is 67.6 Å². The lowest BCUT2D eigenvalue weighted by Crippen LogP contribution is -2.17. The summed E-state index contributed by atoms with van der Waals surface area (Å²) in [6.45, 7) is 2.04. The van der Waals surface area contributed by atoms with Crippen molar-refractivity contribution in [3.05, 3.63) is 81.5 Å². The Balaban J connectivity index is 1.50.